The fraction of sp³-hybridized carbons (Fsp3) is 0.409. The number of benzene rings is 2. The molecular formula is C22H26FNO4S. The van der Waals surface area contributed by atoms with Crippen molar-refractivity contribution in [3.8, 4) is 5.75 Å². The summed E-state index contributed by atoms with van der Waals surface area (Å²) in [5.74, 6) is -0.375. The van der Waals surface area contributed by atoms with Gasteiger partial charge in [-0.25, -0.2) is 12.8 Å². The van der Waals surface area contributed by atoms with Crippen LogP contribution in [0.15, 0.2) is 53.4 Å². The van der Waals surface area contributed by atoms with Gasteiger partial charge in [0.15, 0.2) is 9.84 Å². The minimum Gasteiger partial charge on any atom is -0.490 e. The molecule has 5 nitrogen and oxygen atoms in total. The number of nitrogens with one attached hydrogen (secondary N) is 1. The van der Waals surface area contributed by atoms with Gasteiger partial charge in [0.1, 0.15) is 16.8 Å². The number of rotatable bonds is 7. The Morgan fingerprint density at radius 2 is 1.83 bits per heavy atom. The number of ether oxygens (including phenoxy) is 1. The van der Waals surface area contributed by atoms with Gasteiger partial charge in [-0.1, -0.05) is 18.6 Å². The van der Waals surface area contributed by atoms with Gasteiger partial charge in [-0.2, -0.15) is 0 Å². The second-order valence-electron chi connectivity index (χ2n) is 7.38. The summed E-state index contributed by atoms with van der Waals surface area (Å²) in [7, 11) is -3.89. The fourth-order valence-electron chi connectivity index (χ4n) is 3.41. The minimum absolute atomic E-state index is 0.0792. The molecule has 0 radical (unpaired) electrons. The topological polar surface area (TPSA) is 72.5 Å². The average Bonchev–Trinajstić information content (AvgIpc) is 2.73. The molecule has 0 bridgehead atoms. The zero-order valence-electron chi connectivity index (χ0n) is 16.4. The quantitative estimate of drug-likeness (QED) is 0.688. The van der Waals surface area contributed by atoms with Crippen molar-refractivity contribution >= 4 is 15.7 Å². The summed E-state index contributed by atoms with van der Waals surface area (Å²) in [5, 5.41) is 1.39. The third-order valence-electron chi connectivity index (χ3n) is 5.20. The van der Waals surface area contributed by atoms with Crippen molar-refractivity contribution in [1.29, 1.82) is 0 Å². The summed E-state index contributed by atoms with van der Waals surface area (Å²) in [6.45, 7) is 1.53. The highest BCUT2D eigenvalue weighted by molar-refractivity contribution is 7.92. The highest BCUT2D eigenvalue weighted by Crippen LogP contribution is 2.24. The standard InChI is InChI=1S/C22H26FNO4S/c1-16(29(26,27)21-12-10-18(23)11-13-21)22(25)24-15-17-6-5-9-20(14-17)28-19-7-3-2-4-8-19/h5-6,9-14,16,19H,2-4,7-8,15H2,1H3,(H,24,25). The number of carbonyl (C=O) groups is 1. The first-order valence-corrected chi connectivity index (χ1v) is 11.4. The molecule has 7 heteroatoms. The molecule has 1 unspecified atom stereocenters. The number of amides is 1. The van der Waals surface area contributed by atoms with Crippen LogP contribution in [0.1, 0.15) is 44.6 Å². The largest absolute Gasteiger partial charge is 0.490 e. The van der Waals surface area contributed by atoms with Crippen LogP contribution < -0.4 is 10.1 Å². The molecule has 1 saturated carbocycles. The van der Waals surface area contributed by atoms with Crippen molar-refractivity contribution in [1.82, 2.24) is 5.32 Å². The number of carbonyl (C=O) groups excluding carboxylic acids is 1. The summed E-state index contributed by atoms with van der Waals surface area (Å²) in [6, 6.07) is 11.9. The lowest BCUT2D eigenvalue weighted by molar-refractivity contribution is -0.120. The molecule has 0 aromatic heterocycles. The van der Waals surface area contributed by atoms with E-state index < -0.39 is 26.8 Å². The lowest BCUT2D eigenvalue weighted by Gasteiger charge is -2.23. The predicted octanol–water partition coefficient (Wildman–Crippen LogP) is 4.02. The smallest absolute Gasteiger partial charge is 0.238 e. The Morgan fingerprint density at radius 3 is 2.52 bits per heavy atom. The van der Waals surface area contributed by atoms with Crippen molar-refractivity contribution in [3.05, 3.63) is 59.9 Å². The second-order valence-corrected chi connectivity index (χ2v) is 9.65. The molecule has 2 aromatic carbocycles. The molecule has 1 aliphatic carbocycles. The fourth-order valence-corrected chi connectivity index (χ4v) is 4.70. The summed E-state index contributed by atoms with van der Waals surface area (Å²) in [4.78, 5) is 12.3. The molecular weight excluding hydrogens is 393 g/mol. The van der Waals surface area contributed by atoms with Crippen molar-refractivity contribution in [3.63, 3.8) is 0 Å². The van der Waals surface area contributed by atoms with Crippen molar-refractivity contribution < 1.29 is 22.3 Å². The van der Waals surface area contributed by atoms with Gasteiger partial charge in [-0.3, -0.25) is 4.79 Å². The lowest BCUT2D eigenvalue weighted by atomic mass is 9.98. The van der Waals surface area contributed by atoms with Crippen LogP contribution in [-0.2, 0) is 21.2 Å². The molecule has 3 rings (SSSR count). The van der Waals surface area contributed by atoms with Gasteiger partial charge in [0.2, 0.25) is 5.91 Å². The Morgan fingerprint density at radius 1 is 1.14 bits per heavy atom. The average molecular weight is 420 g/mol. The highest BCUT2D eigenvalue weighted by Gasteiger charge is 2.29. The van der Waals surface area contributed by atoms with E-state index in [1.807, 2.05) is 24.3 Å². The SMILES string of the molecule is CC(C(=O)NCc1cccc(OC2CCCCC2)c1)S(=O)(=O)c1ccc(F)cc1. The second kappa shape index (κ2) is 9.39. The van der Waals surface area contributed by atoms with Gasteiger partial charge in [0.05, 0.1) is 11.0 Å². The van der Waals surface area contributed by atoms with Gasteiger partial charge in [0, 0.05) is 6.54 Å². The summed E-state index contributed by atoms with van der Waals surface area (Å²) < 4.78 is 44.2. The van der Waals surface area contributed by atoms with Crippen LogP contribution >= 0.6 is 0 Å². The molecule has 29 heavy (non-hydrogen) atoms. The van der Waals surface area contributed by atoms with Gasteiger partial charge >= 0.3 is 0 Å². The predicted molar refractivity (Wildman–Crippen MR) is 109 cm³/mol. The van der Waals surface area contributed by atoms with E-state index in [2.05, 4.69) is 5.32 Å². The molecule has 0 saturated heterocycles. The van der Waals surface area contributed by atoms with Crippen molar-refractivity contribution in [2.75, 3.05) is 0 Å². The van der Waals surface area contributed by atoms with Gasteiger partial charge < -0.3 is 10.1 Å². The third kappa shape index (κ3) is 5.56. The van der Waals surface area contributed by atoms with Crippen LogP contribution in [0, 0.1) is 5.82 Å². The van der Waals surface area contributed by atoms with Crippen LogP contribution in [0.25, 0.3) is 0 Å². The summed E-state index contributed by atoms with van der Waals surface area (Å²) >= 11 is 0. The van der Waals surface area contributed by atoms with Crippen molar-refractivity contribution in [2.45, 2.75) is 61.8 Å². The maximum Gasteiger partial charge on any atom is 0.238 e. The maximum atomic E-state index is 13.0. The van der Waals surface area contributed by atoms with Gasteiger partial charge in [-0.15, -0.1) is 0 Å². The molecule has 1 fully saturated rings. The molecule has 0 aliphatic heterocycles. The first kappa shape index (κ1) is 21.3. The van der Waals surface area contributed by atoms with Crippen LogP contribution in [0.4, 0.5) is 4.39 Å². The van der Waals surface area contributed by atoms with E-state index >= 15 is 0 Å². The van der Waals surface area contributed by atoms with Crippen LogP contribution in [-0.4, -0.2) is 25.7 Å². The monoisotopic (exact) mass is 419 g/mol. The number of halogens is 1. The Balaban J connectivity index is 1.59. The first-order chi connectivity index (χ1) is 13.9. The Hall–Kier alpha value is -2.41. The molecule has 1 aliphatic rings. The molecule has 2 aromatic rings. The van der Waals surface area contributed by atoms with E-state index in [1.54, 1.807) is 0 Å². The van der Waals surface area contributed by atoms with E-state index in [0.29, 0.717) is 0 Å². The van der Waals surface area contributed by atoms with E-state index in [-0.39, 0.29) is 17.5 Å². The number of hydrogen-bond donors (Lipinski definition) is 1. The Labute approximate surface area is 171 Å². The van der Waals surface area contributed by atoms with Gasteiger partial charge in [0.25, 0.3) is 0 Å². The van der Waals surface area contributed by atoms with E-state index in [4.69, 9.17) is 4.74 Å². The minimum atomic E-state index is -3.89. The van der Waals surface area contributed by atoms with Gasteiger partial charge in [-0.05, 0) is 74.6 Å². The Kier molecular flexibility index (Phi) is 6.90. The highest BCUT2D eigenvalue weighted by atomic mass is 32.2. The number of sulfone groups is 1. The normalized spacial score (nSPS) is 16.2. The molecule has 1 N–H and O–H groups in total. The lowest BCUT2D eigenvalue weighted by Crippen LogP contribution is -2.37. The van der Waals surface area contributed by atoms with E-state index in [9.17, 15) is 17.6 Å². The molecule has 0 heterocycles. The number of hydrogen-bond acceptors (Lipinski definition) is 4. The molecule has 1 atom stereocenters. The summed E-state index contributed by atoms with van der Waals surface area (Å²) in [5.41, 5.74) is 0.832. The van der Waals surface area contributed by atoms with Crippen molar-refractivity contribution in [2.24, 2.45) is 0 Å². The third-order valence-corrected chi connectivity index (χ3v) is 7.27. The first-order valence-electron chi connectivity index (χ1n) is 9.89. The van der Waals surface area contributed by atoms with Crippen LogP contribution in [0.3, 0.4) is 0 Å². The van der Waals surface area contributed by atoms with Crippen LogP contribution in [0.5, 0.6) is 5.75 Å². The van der Waals surface area contributed by atoms with E-state index in [0.717, 1.165) is 36.3 Å². The zero-order valence-corrected chi connectivity index (χ0v) is 17.3. The molecule has 1 amide bonds. The summed E-state index contributed by atoms with van der Waals surface area (Å²) in [6.07, 6.45) is 5.96. The Bertz CT molecular complexity index is 938. The maximum absolute atomic E-state index is 13.0. The zero-order chi connectivity index (χ0) is 20.9. The molecule has 0 spiro atoms. The molecule has 156 valence electrons. The van der Waals surface area contributed by atoms with E-state index in [1.165, 1.54) is 38.3 Å². The van der Waals surface area contributed by atoms with Crippen LogP contribution in [0.2, 0.25) is 0 Å².